The summed E-state index contributed by atoms with van der Waals surface area (Å²) in [6.45, 7) is 5.89. The number of amides is 1. The molecule has 1 aliphatic rings. The Kier molecular flexibility index (Phi) is 7.42. The average molecular weight is 340 g/mol. The van der Waals surface area contributed by atoms with Crippen LogP contribution < -0.4 is 10.4 Å². The smallest absolute Gasteiger partial charge is 0.228 e. The van der Waals surface area contributed by atoms with Crippen LogP contribution in [0.25, 0.3) is 0 Å². The fraction of sp³-hybridized carbons (Fsp3) is 0.778. The van der Waals surface area contributed by atoms with Gasteiger partial charge in [-0.3, -0.25) is 4.79 Å². The van der Waals surface area contributed by atoms with Crippen molar-refractivity contribution in [2.24, 2.45) is 11.3 Å². The first kappa shape index (κ1) is 20.6. The topological polar surface area (TPSA) is 89.5 Å². The molecule has 0 aromatic heterocycles. The molecule has 0 heterocycles. The molecule has 138 valence electrons. The Morgan fingerprint density at radius 1 is 1.25 bits per heavy atom. The molecule has 6 heteroatoms. The maximum atomic E-state index is 12.0. The summed E-state index contributed by atoms with van der Waals surface area (Å²) in [7, 11) is 4.17. The third-order valence-electron chi connectivity index (χ3n) is 4.83. The molecule has 1 atom stereocenters. The Balaban J connectivity index is 2.31. The minimum atomic E-state index is -1.33. The maximum absolute atomic E-state index is 12.0. The van der Waals surface area contributed by atoms with Gasteiger partial charge >= 0.3 is 0 Å². The van der Waals surface area contributed by atoms with Crippen LogP contribution in [0.3, 0.4) is 0 Å². The third kappa shape index (κ3) is 7.01. The molecule has 1 saturated carbocycles. The third-order valence-corrected chi connectivity index (χ3v) is 4.83. The largest absolute Gasteiger partial charge is 0.543 e. The van der Waals surface area contributed by atoms with Gasteiger partial charge in [0, 0.05) is 5.92 Å². The highest BCUT2D eigenvalue weighted by Crippen LogP contribution is 2.51. The zero-order valence-electron chi connectivity index (χ0n) is 15.4. The molecule has 0 bridgehead atoms. The van der Waals surface area contributed by atoms with E-state index >= 15 is 0 Å². The second-order valence-corrected chi connectivity index (χ2v) is 8.10. The number of aliphatic carboxylic acids is 1. The number of likely N-dealkylation sites (N-methyl/N-ethyl adjacent to an activating group) is 1. The monoisotopic (exact) mass is 340 g/mol. The average Bonchev–Trinajstić information content (AvgIpc) is 3.09. The van der Waals surface area contributed by atoms with Gasteiger partial charge in [-0.05, 0) is 37.5 Å². The quantitative estimate of drug-likeness (QED) is 0.324. The molecule has 0 aromatic carbocycles. The number of aliphatic hydroxyl groups is 1. The number of quaternary nitrogens is 1. The molecular formula is C18H32N2O4. The van der Waals surface area contributed by atoms with Crippen molar-refractivity contribution in [1.82, 2.24) is 5.32 Å². The van der Waals surface area contributed by atoms with Gasteiger partial charge in [-0.1, -0.05) is 19.9 Å². The van der Waals surface area contributed by atoms with E-state index in [1.165, 1.54) is 0 Å². The zero-order chi connectivity index (χ0) is 18.4. The summed E-state index contributed by atoms with van der Waals surface area (Å²) < 4.78 is 0.782. The Hall–Kier alpha value is -1.40. The summed E-state index contributed by atoms with van der Waals surface area (Å²) >= 11 is 0. The van der Waals surface area contributed by atoms with Crippen LogP contribution in [0.4, 0.5) is 0 Å². The van der Waals surface area contributed by atoms with Gasteiger partial charge in [-0.25, -0.2) is 0 Å². The Labute approximate surface area is 145 Å². The summed E-state index contributed by atoms with van der Waals surface area (Å²) in [5.41, 5.74) is -0.139. The number of carboxylic acids is 1. The molecule has 1 unspecified atom stereocenters. The van der Waals surface area contributed by atoms with Crippen molar-refractivity contribution < 1.29 is 24.3 Å². The lowest BCUT2D eigenvalue weighted by Gasteiger charge is -2.28. The number of hydrogen-bond donors (Lipinski definition) is 2. The van der Waals surface area contributed by atoms with E-state index in [2.05, 4.69) is 19.4 Å². The molecule has 0 radical (unpaired) electrons. The number of carboxylic acid groups (broad SMARTS) is 1. The predicted octanol–water partition coefficient (Wildman–Crippen LogP) is 0.412. The summed E-state index contributed by atoms with van der Waals surface area (Å²) in [5.74, 6) is -1.66. The van der Waals surface area contributed by atoms with Gasteiger partial charge in [-0.2, -0.15) is 0 Å². The second-order valence-electron chi connectivity index (χ2n) is 8.10. The number of allylic oxidation sites excluding steroid dienone is 1. The highest BCUT2D eigenvalue weighted by molar-refractivity contribution is 5.93. The van der Waals surface area contributed by atoms with Gasteiger partial charge in [-0.15, -0.1) is 0 Å². The number of nitrogens with zero attached hydrogens (tertiary/aromatic N) is 1. The SMILES string of the molecule is CC1(C)CC1C(=O)N/C(=C\CCCCC[N+](C)(C)CCO)C(=O)[O-]. The Morgan fingerprint density at radius 3 is 2.38 bits per heavy atom. The minimum Gasteiger partial charge on any atom is -0.543 e. The van der Waals surface area contributed by atoms with Crippen LogP contribution in [0.15, 0.2) is 11.8 Å². The van der Waals surface area contributed by atoms with Gasteiger partial charge < -0.3 is 24.8 Å². The lowest BCUT2D eigenvalue weighted by molar-refractivity contribution is -0.890. The zero-order valence-corrected chi connectivity index (χ0v) is 15.4. The molecule has 0 aromatic rings. The Bertz CT molecular complexity index is 483. The lowest BCUT2D eigenvalue weighted by atomic mass is 10.1. The van der Waals surface area contributed by atoms with Gasteiger partial charge in [0.1, 0.15) is 6.54 Å². The first-order chi connectivity index (χ1) is 11.1. The summed E-state index contributed by atoms with van der Waals surface area (Å²) in [5, 5.41) is 22.6. The van der Waals surface area contributed by atoms with E-state index in [0.29, 0.717) is 6.42 Å². The van der Waals surface area contributed by atoms with Crippen LogP contribution in [0.5, 0.6) is 0 Å². The van der Waals surface area contributed by atoms with E-state index in [1.54, 1.807) is 6.08 Å². The molecule has 0 aliphatic heterocycles. The van der Waals surface area contributed by atoms with E-state index in [9.17, 15) is 14.7 Å². The van der Waals surface area contributed by atoms with Gasteiger partial charge in [0.2, 0.25) is 5.91 Å². The number of carbonyl (C=O) groups is 2. The van der Waals surface area contributed by atoms with Crippen molar-refractivity contribution in [2.75, 3.05) is 33.8 Å². The molecule has 0 saturated heterocycles. The van der Waals surface area contributed by atoms with Crippen LogP contribution >= 0.6 is 0 Å². The van der Waals surface area contributed by atoms with Crippen molar-refractivity contribution >= 4 is 11.9 Å². The molecule has 6 nitrogen and oxygen atoms in total. The number of carbonyl (C=O) groups excluding carboxylic acids is 2. The molecule has 24 heavy (non-hydrogen) atoms. The standard InChI is InChI=1S/C18H32N2O4/c1-18(2)13-14(18)16(22)19-15(17(23)24)9-7-5-6-8-10-20(3,4)11-12-21/h9,14,21H,5-8,10-13H2,1-4H3,(H-,19,22,23,24)/b15-9-. The molecular weight excluding hydrogens is 308 g/mol. The van der Waals surface area contributed by atoms with E-state index in [1.807, 2.05) is 13.8 Å². The van der Waals surface area contributed by atoms with Gasteiger partial charge in [0.25, 0.3) is 0 Å². The van der Waals surface area contributed by atoms with Gasteiger partial charge in [0.15, 0.2) is 0 Å². The van der Waals surface area contributed by atoms with Crippen molar-refractivity contribution in [3.05, 3.63) is 11.8 Å². The highest BCUT2D eigenvalue weighted by Gasteiger charge is 2.50. The molecule has 1 aliphatic carbocycles. The highest BCUT2D eigenvalue weighted by atomic mass is 16.4. The van der Waals surface area contributed by atoms with E-state index in [-0.39, 0.29) is 29.5 Å². The van der Waals surface area contributed by atoms with E-state index in [0.717, 1.165) is 43.3 Å². The van der Waals surface area contributed by atoms with E-state index < -0.39 is 5.97 Å². The van der Waals surface area contributed by atoms with Crippen LogP contribution in [0.1, 0.15) is 46.0 Å². The number of nitrogens with one attached hydrogen (secondary N) is 1. The molecule has 1 rings (SSSR count). The van der Waals surface area contributed by atoms with E-state index in [4.69, 9.17) is 5.11 Å². The predicted molar refractivity (Wildman–Crippen MR) is 90.5 cm³/mol. The fourth-order valence-corrected chi connectivity index (χ4v) is 2.81. The number of aliphatic hydroxyl groups excluding tert-OH is 1. The minimum absolute atomic E-state index is 0.0270. The molecule has 1 amide bonds. The van der Waals surface area contributed by atoms with Crippen molar-refractivity contribution in [1.29, 1.82) is 0 Å². The first-order valence-corrected chi connectivity index (χ1v) is 8.74. The number of unbranched alkanes of at least 4 members (excludes halogenated alkanes) is 3. The second kappa shape index (κ2) is 8.62. The van der Waals surface area contributed by atoms with Crippen LogP contribution in [0, 0.1) is 11.3 Å². The molecule has 0 spiro atoms. The maximum Gasteiger partial charge on any atom is 0.228 e. The van der Waals surface area contributed by atoms with Crippen LogP contribution in [0.2, 0.25) is 0 Å². The summed E-state index contributed by atoms with van der Waals surface area (Å²) in [4.78, 5) is 23.1. The Morgan fingerprint density at radius 2 is 1.88 bits per heavy atom. The van der Waals surface area contributed by atoms with Crippen molar-refractivity contribution in [3.8, 4) is 0 Å². The fourth-order valence-electron chi connectivity index (χ4n) is 2.81. The normalized spacial score (nSPS) is 19.9. The molecule has 2 N–H and O–H groups in total. The number of rotatable bonds is 11. The lowest BCUT2D eigenvalue weighted by Crippen LogP contribution is -2.42. The number of hydrogen-bond acceptors (Lipinski definition) is 4. The summed E-state index contributed by atoms with van der Waals surface area (Å²) in [6.07, 6.45) is 5.81. The van der Waals surface area contributed by atoms with Crippen molar-refractivity contribution in [2.45, 2.75) is 46.0 Å². The van der Waals surface area contributed by atoms with Gasteiger partial charge in [0.05, 0.1) is 38.9 Å². The van der Waals surface area contributed by atoms with Crippen LogP contribution in [-0.4, -0.2) is 55.3 Å². The summed E-state index contributed by atoms with van der Waals surface area (Å²) in [6, 6.07) is 0. The van der Waals surface area contributed by atoms with Crippen molar-refractivity contribution in [3.63, 3.8) is 0 Å². The van der Waals surface area contributed by atoms with Crippen LogP contribution in [-0.2, 0) is 9.59 Å². The molecule has 1 fully saturated rings. The first-order valence-electron chi connectivity index (χ1n) is 8.74.